The van der Waals surface area contributed by atoms with Crippen LogP contribution in [0.15, 0.2) is 24.4 Å². The van der Waals surface area contributed by atoms with E-state index in [-0.39, 0.29) is 5.91 Å². The molecule has 0 radical (unpaired) electrons. The second kappa shape index (κ2) is 6.52. The van der Waals surface area contributed by atoms with E-state index in [9.17, 15) is 4.79 Å². The third-order valence-electron chi connectivity index (χ3n) is 3.02. The second-order valence-electron chi connectivity index (χ2n) is 4.59. The Kier molecular flexibility index (Phi) is 4.74. The minimum absolute atomic E-state index is 0.0846. The molecule has 0 aliphatic carbocycles. The molecule has 3 N–H and O–H groups in total. The van der Waals surface area contributed by atoms with Gasteiger partial charge >= 0.3 is 0 Å². The zero-order valence-corrected chi connectivity index (χ0v) is 12.6. The maximum absolute atomic E-state index is 12.2. The molecular formula is C15H19N3OS. The Bertz CT molecular complexity index is 590. The number of thiophene rings is 1. The van der Waals surface area contributed by atoms with Gasteiger partial charge in [-0.1, -0.05) is 20.3 Å². The van der Waals surface area contributed by atoms with Crippen molar-refractivity contribution in [3.8, 4) is 0 Å². The van der Waals surface area contributed by atoms with Gasteiger partial charge in [0.25, 0.3) is 5.91 Å². The molecule has 0 spiro atoms. The van der Waals surface area contributed by atoms with Crippen LogP contribution in [-0.4, -0.2) is 10.9 Å². The molecule has 0 atom stereocenters. The van der Waals surface area contributed by atoms with Crippen LogP contribution in [0.3, 0.4) is 0 Å². The Morgan fingerprint density at radius 1 is 1.40 bits per heavy atom. The zero-order chi connectivity index (χ0) is 14.5. The van der Waals surface area contributed by atoms with Crippen molar-refractivity contribution in [2.75, 3.05) is 11.1 Å². The number of carbonyl (C=O) groups excluding carboxylic acids is 1. The average Bonchev–Trinajstić information content (AvgIpc) is 2.85. The molecule has 2 aromatic rings. The van der Waals surface area contributed by atoms with Crippen molar-refractivity contribution >= 4 is 28.7 Å². The number of nitrogens with zero attached hydrogens (tertiary/aromatic N) is 1. The number of nitrogens with one attached hydrogen (secondary N) is 1. The van der Waals surface area contributed by atoms with E-state index in [0.717, 1.165) is 24.1 Å². The highest BCUT2D eigenvalue weighted by Gasteiger charge is 2.13. The van der Waals surface area contributed by atoms with Gasteiger partial charge in [0.15, 0.2) is 0 Å². The Morgan fingerprint density at radius 2 is 2.20 bits per heavy atom. The third-order valence-corrected chi connectivity index (χ3v) is 4.26. The van der Waals surface area contributed by atoms with E-state index in [1.54, 1.807) is 29.7 Å². The molecule has 106 valence electrons. The third kappa shape index (κ3) is 3.36. The molecular weight excluding hydrogens is 270 g/mol. The summed E-state index contributed by atoms with van der Waals surface area (Å²) in [6.45, 7) is 4.27. The Balaban J connectivity index is 2.14. The van der Waals surface area contributed by atoms with Crippen LogP contribution in [0.1, 0.15) is 40.4 Å². The van der Waals surface area contributed by atoms with Gasteiger partial charge in [-0.3, -0.25) is 4.79 Å². The number of aromatic nitrogens is 1. The number of pyridine rings is 1. The molecule has 0 saturated carbocycles. The molecule has 20 heavy (non-hydrogen) atoms. The SMILES string of the molecule is CCCc1sc(C(=O)Nc2ccc(N)nc2)cc1CC. The van der Waals surface area contributed by atoms with Gasteiger partial charge < -0.3 is 11.1 Å². The largest absolute Gasteiger partial charge is 0.384 e. The van der Waals surface area contributed by atoms with Gasteiger partial charge in [0.05, 0.1) is 16.8 Å². The number of nitrogen functional groups attached to an aromatic ring is 1. The van der Waals surface area contributed by atoms with Crippen LogP contribution >= 0.6 is 11.3 Å². The number of amides is 1. The number of carbonyl (C=O) groups is 1. The molecule has 0 aliphatic rings. The van der Waals surface area contributed by atoms with Gasteiger partial charge in [-0.05, 0) is 36.6 Å². The fraction of sp³-hybridized carbons (Fsp3) is 0.333. The molecule has 2 rings (SSSR count). The molecule has 0 aromatic carbocycles. The van der Waals surface area contributed by atoms with Crippen molar-refractivity contribution in [2.45, 2.75) is 33.1 Å². The molecule has 5 heteroatoms. The smallest absolute Gasteiger partial charge is 0.265 e. The summed E-state index contributed by atoms with van der Waals surface area (Å²) in [4.78, 5) is 18.3. The molecule has 2 aromatic heterocycles. The number of rotatable bonds is 5. The lowest BCUT2D eigenvalue weighted by Crippen LogP contribution is -2.10. The first kappa shape index (κ1) is 14.5. The van der Waals surface area contributed by atoms with Gasteiger partial charge in [0, 0.05) is 4.88 Å². The summed E-state index contributed by atoms with van der Waals surface area (Å²) in [5.41, 5.74) is 7.46. The summed E-state index contributed by atoms with van der Waals surface area (Å²) in [5.74, 6) is 0.358. The maximum atomic E-state index is 12.2. The van der Waals surface area contributed by atoms with Crippen molar-refractivity contribution in [3.05, 3.63) is 39.7 Å². The maximum Gasteiger partial charge on any atom is 0.265 e. The second-order valence-corrected chi connectivity index (χ2v) is 5.73. The summed E-state index contributed by atoms with van der Waals surface area (Å²) >= 11 is 1.58. The summed E-state index contributed by atoms with van der Waals surface area (Å²) < 4.78 is 0. The zero-order valence-electron chi connectivity index (χ0n) is 11.8. The first-order chi connectivity index (χ1) is 9.63. The highest BCUT2D eigenvalue weighted by molar-refractivity contribution is 7.14. The van der Waals surface area contributed by atoms with E-state index in [4.69, 9.17) is 5.73 Å². The molecule has 0 unspecified atom stereocenters. The minimum atomic E-state index is -0.0846. The van der Waals surface area contributed by atoms with E-state index < -0.39 is 0 Å². The van der Waals surface area contributed by atoms with E-state index in [1.165, 1.54) is 10.4 Å². The summed E-state index contributed by atoms with van der Waals surface area (Å²) in [5, 5.41) is 2.85. The van der Waals surface area contributed by atoms with Gasteiger partial charge in [-0.25, -0.2) is 4.98 Å². The Labute approximate surface area is 123 Å². The van der Waals surface area contributed by atoms with Crippen LogP contribution in [0.25, 0.3) is 0 Å². The van der Waals surface area contributed by atoms with E-state index in [2.05, 4.69) is 24.1 Å². The average molecular weight is 289 g/mol. The number of hydrogen-bond donors (Lipinski definition) is 2. The molecule has 2 heterocycles. The van der Waals surface area contributed by atoms with Crippen LogP contribution in [0.2, 0.25) is 0 Å². The predicted molar refractivity (Wildman–Crippen MR) is 84.3 cm³/mol. The van der Waals surface area contributed by atoms with Crippen molar-refractivity contribution in [2.24, 2.45) is 0 Å². The lowest BCUT2D eigenvalue weighted by atomic mass is 10.1. The Hall–Kier alpha value is -1.88. The molecule has 0 saturated heterocycles. The summed E-state index contributed by atoms with van der Waals surface area (Å²) in [6, 6.07) is 5.42. The normalized spacial score (nSPS) is 10.5. The van der Waals surface area contributed by atoms with Gasteiger partial charge in [0.1, 0.15) is 5.82 Å². The van der Waals surface area contributed by atoms with Crippen molar-refractivity contribution < 1.29 is 4.79 Å². The summed E-state index contributed by atoms with van der Waals surface area (Å²) in [6.07, 6.45) is 4.65. The van der Waals surface area contributed by atoms with Crippen molar-refractivity contribution in [3.63, 3.8) is 0 Å². The fourth-order valence-electron chi connectivity index (χ4n) is 1.99. The van der Waals surface area contributed by atoms with Gasteiger partial charge in [-0.2, -0.15) is 0 Å². The number of aryl methyl sites for hydroxylation is 2. The quantitative estimate of drug-likeness (QED) is 0.885. The number of nitrogens with two attached hydrogens (primary N) is 1. The number of anilines is 2. The highest BCUT2D eigenvalue weighted by Crippen LogP contribution is 2.25. The standard InChI is InChI=1S/C15H19N3OS/c1-3-5-12-10(4-2)8-13(20-12)15(19)18-11-6-7-14(16)17-9-11/h6-9H,3-5H2,1-2H3,(H2,16,17)(H,18,19). The van der Waals surface area contributed by atoms with E-state index >= 15 is 0 Å². The minimum Gasteiger partial charge on any atom is -0.384 e. The van der Waals surface area contributed by atoms with E-state index in [1.807, 2.05) is 6.07 Å². The molecule has 4 nitrogen and oxygen atoms in total. The van der Waals surface area contributed by atoms with Crippen molar-refractivity contribution in [1.82, 2.24) is 4.98 Å². The topological polar surface area (TPSA) is 68.0 Å². The molecule has 0 bridgehead atoms. The first-order valence-electron chi connectivity index (χ1n) is 6.78. The van der Waals surface area contributed by atoms with E-state index in [0.29, 0.717) is 11.5 Å². The summed E-state index contributed by atoms with van der Waals surface area (Å²) in [7, 11) is 0. The van der Waals surface area contributed by atoms with Crippen LogP contribution in [0.5, 0.6) is 0 Å². The molecule has 0 aliphatic heterocycles. The Morgan fingerprint density at radius 3 is 2.80 bits per heavy atom. The molecule has 1 amide bonds. The van der Waals surface area contributed by atoms with Gasteiger partial charge in [-0.15, -0.1) is 11.3 Å². The monoisotopic (exact) mass is 289 g/mol. The molecule has 0 fully saturated rings. The predicted octanol–water partition coefficient (Wildman–Crippen LogP) is 3.49. The van der Waals surface area contributed by atoms with Crippen LogP contribution in [-0.2, 0) is 12.8 Å². The van der Waals surface area contributed by atoms with Crippen LogP contribution < -0.4 is 11.1 Å². The first-order valence-corrected chi connectivity index (χ1v) is 7.60. The van der Waals surface area contributed by atoms with Gasteiger partial charge in [0.2, 0.25) is 0 Å². The fourth-order valence-corrected chi connectivity index (χ4v) is 3.24. The highest BCUT2D eigenvalue weighted by atomic mass is 32.1. The van der Waals surface area contributed by atoms with Crippen LogP contribution in [0, 0.1) is 0 Å². The lowest BCUT2D eigenvalue weighted by molar-refractivity contribution is 0.103. The number of hydrogen-bond acceptors (Lipinski definition) is 4. The van der Waals surface area contributed by atoms with Crippen LogP contribution in [0.4, 0.5) is 11.5 Å². The lowest BCUT2D eigenvalue weighted by Gasteiger charge is -2.02. The van der Waals surface area contributed by atoms with Crippen molar-refractivity contribution in [1.29, 1.82) is 0 Å².